The standard InChI is InChI=1S/C12H16INO2S/c1-17-10-4-2-3-9(6-10)14-7-8(13)5-11(14)12(15)16/h5,7,9-10H,2-4,6H2,1H3,(H,15,16). The van der Waals surface area contributed by atoms with E-state index in [1.54, 1.807) is 6.07 Å². The van der Waals surface area contributed by atoms with Crippen molar-refractivity contribution in [2.75, 3.05) is 6.26 Å². The Balaban J connectivity index is 2.23. The molecule has 1 saturated carbocycles. The molecule has 17 heavy (non-hydrogen) atoms. The van der Waals surface area contributed by atoms with E-state index in [4.69, 9.17) is 0 Å². The number of carboxylic acid groups (broad SMARTS) is 1. The van der Waals surface area contributed by atoms with E-state index in [-0.39, 0.29) is 0 Å². The molecule has 2 unspecified atom stereocenters. The summed E-state index contributed by atoms with van der Waals surface area (Å²) in [5, 5.41) is 9.88. The zero-order chi connectivity index (χ0) is 12.4. The van der Waals surface area contributed by atoms with Gasteiger partial charge in [-0.05, 0) is 54.2 Å². The summed E-state index contributed by atoms with van der Waals surface area (Å²) in [5.74, 6) is -0.820. The lowest BCUT2D eigenvalue weighted by Gasteiger charge is -2.29. The third-order valence-corrected chi connectivity index (χ3v) is 5.04. The highest BCUT2D eigenvalue weighted by Crippen LogP contribution is 2.35. The first-order valence-corrected chi connectivity index (χ1v) is 8.12. The minimum absolute atomic E-state index is 0.357. The van der Waals surface area contributed by atoms with Crippen molar-refractivity contribution in [2.24, 2.45) is 0 Å². The highest BCUT2D eigenvalue weighted by Gasteiger charge is 2.25. The van der Waals surface area contributed by atoms with Crippen LogP contribution < -0.4 is 0 Å². The van der Waals surface area contributed by atoms with Gasteiger partial charge in [0.05, 0.1) is 0 Å². The lowest BCUT2D eigenvalue weighted by Crippen LogP contribution is -2.22. The molecule has 94 valence electrons. The van der Waals surface area contributed by atoms with Gasteiger partial charge in [-0.25, -0.2) is 4.79 Å². The number of hydrogen-bond acceptors (Lipinski definition) is 2. The lowest BCUT2D eigenvalue weighted by atomic mass is 9.94. The summed E-state index contributed by atoms with van der Waals surface area (Å²) in [6.45, 7) is 0. The molecule has 1 fully saturated rings. The van der Waals surface area contributed by atoms with Crippen LogP contribution in [0.5, 0.6) is 0 Å². The minimum atomic E-state index is -0.820. The molecular weight excluding hydrogens is 349 g/mol. The minimum Gasteiger partial charge on any atom is -0.477 e. The first-order chi connectivity index (χ1) is 8.11. The quantitative estimate of drug-likeness (QED) is 0.832. The Kier molecular flexibility index (Phi) is 4.41. The SMILES string of the molecule is CSC1CCCC(n2cc(I)cc2C(=O)O)C1. The van der Waals surface area contributed by atoms with Crippen LogP contribution in [-0.2, 0) is 0 Å². The summed E-state index contributed by atoms with van der Waals surface area (Å²) in [5.41, 5.74) is 0.432. The predicted octanol–water partition coefficient (Wildman–Crippen LogP) is 3.64. The number of carboxylic acids is 1. The van der Waals surface area contributed by atoms with Crippen LogP contribution in [0.2, 0.25) is 0 Å². The fraction of sp³-hybridized carbons (Fsp3) is 0.583. The molecule has 3 nitrogen and oxygen atoms in total. The Morgan fingerprint density at radius 3 is 3.00 bits per heavy atom. The van der Waals surface area contributed by atoms with E-state index in [1.807, 2.05) is 22.5 Å². The Morgan fingerprint density at radius 2 is 2.35 bits per heavy atom. The molecule has 1 aromatic rings. The van der Waals surface area contributed by atoms with Crippen molar-refractivity contribution < 1.29 is 9.90 Å². The van der Waals surface area contributed by atoms with E-state index >= 15 is 0 Å². The van der Waals surface area contributed by atoms with Gasteiger partial charge in [-0.3, -0.25) is 0 Å². The van der Waals surface area contributed by atoms with Gasteiger partial charge >= 0.3 is 5.97 Å². The van der Waals surface area contributed by atoms with Gasteiger partial charge < -0.3 is 9.67 Å². The largest absolute Gasteiger partial charge is 0.477 e. The molecule has 1 N–H and O–H groups in total. The normalized spacial score (nSPS) is 24.8. The van der Waals surface area contributed by atoms with Crippen molar-refractivity contribution in [2.45, 2.75) is 37.0 Å². The third kappa shape index (κ3) is 2.99. The van der Waals surface area contributed by atoms with Gasteiger partial charge in [0.15, 0.2) is 0 Å². The molecule has 0 bridgehead atoms. The summed E-state index contributed by atoms with van der Waals surface area (Å²) in [6, 6.07) is 2.11. The van der Waals surface area contributed by atoms with Crippen LogP contribution in [0.1, 0.15) is 42.2 Å². The number of carbonyl (C=O) groups is 1. The van der Waals surface area contributed by atoms with Gasteiger partial charge in [0.25, 0.3) is 0 Å². The second kappa shape index (κ2) is 5.65. The molecule has 0 amide bonds. The van der Waals surface area contributed by atoms with E-state index in [2.05, 4.69) is 28.8 Å². The van der Waals surface area contributed by atoms with Gasteiger partial charge in [-0.15, -0.1) is 0 Å². The monoisotopic (exact) mass is 365 g/mol. The Bertz CT molecular complexity index is 419. The zero-order valence-corrected chi connectivity index (χ0v) is 12.7. The summed E-state index contributed by atoms with van der Waals surface area (Å²) in [6.07, 6.45) is 8.76. The Labute approximate surface area is 119 Å². The fourth-order valence-electron chi connectivity index (χ4n) is 2.51. The highest BCUT2D eigenvalue weighted by molar-refractivity contribution is 14.1. The Morgan fingerprint density at radius 1 is 1.59 bits per heavy atom. The smallest absolute Gasteiger partial charge is 0.352 e. The molecule has 5 heteroatoms. The van der Waals surface area contributed by atoms with Crippen LogP contribution in [-0.4, -0.2) is 27.1 Å². The van der Waals surface area contributed by atoms with Crippen LogP contribution in [0.3, 0.4) is 0 Å². The molecule has 2 atom stereocenters. The molecule has 0 spiro atoms. The number of thioether (sulfide) groups is 1. The maximum Gasteiger partial charge on any atom is 0.352 e. The van der Waals surface area contributed by atoms with Gasteiger partial charge in [-0.2, -0.15) is 11.8 Å². The average molecular weight is 365 g/mol. The maximum atomic E-state index is 11.2. The number of nitrogens with zero attached hydrogens (tertiary/aromatic N) is 1. The molecular formula is C12H16INO2S. The molecule has 1 aliphatic rings. The van der Waals surface area contributed by atoms with E-state index in [0.29, 0.717) is 17.0 Å². The first kappa shape index (κ1) is 13.3. The van der Waals surface area contributed by atoms with Crippen molar-refractivity contribution in [1.82, 2.24) is 4.57 Å². The molecule has 2 rings (SSSR count). The molecule has 0 saturated heterocycles. The van der Waals surface area contributed by atoms with Crippen molar-refractivity contribution in [3.63, 3.8) is 0 Å². The average Bonchev–Trinajstić information content (AvgIpc) is 2.72. The van der Waals surface area contributed by atoms with Crippen LogP contribution in [0.15, 0.2) is 12.3 Å². The van der Waals surface area contributed by atoms with Crippen molar-refractivity contribution in [1.29, 1.82) is 0 Å². The van der Waals surface area contributed by atoms with Crippen molar-refractivity contribution in [3.8, 4) is 0 Å². The number of rotatable bonds is 3. The maximum absolute atomic E-state index is 11.2. The van der Waals surface area contributed by atoms with Gasteiger partial charge in [0.1, 0.15) is 5.69 Å². The van der Waals surface area contributed by atoms with Crippen LogP contribution >= 0.6 is 34.4 Å². The molecule has 1 aromatic heterocycles. The van der Waals surface area contributed by atoms with Crippen LogP contribution in [0.4, 0.5) is 0 Å². The number of halogens is 1. The summed E-state index contributed by atoms with van der Waals surface area (Å²) in [7, 11) is 0. The summed E-state index contributed by atoms with van der Waals surface area (Å²) in [4.78, 5) is 11.2. The van der Waals surface area contributed by atoms with E-state index < -0.39 is 5.97 Å². The topological polar surface area (TPSA) is 42.2 Å². The molecule has 0 aromatic carbocycles. The van der Waals surface area contributed by atoms with Gasteiger partial charge in [0, 0.05) is 21.1 Å². The lowest BCUT2D eigenvalue weighted by molar-refractivity contribution is 0.0681. The molecule has 1 aliphatic carbocycles. The van der Waals surface area contributed by atoms with E-state index in [9.17, 15) is 9.90 Å². The summed E-state index contributed by atoms with van der Waals surface area (Å²) >= 11 is 4.08. The fourth-order valence-corrected chi connectivity index (χ4v) is 3.92. The van der Waals surface area contributed by atoms with E-state index in [0.717, 1.165) is 16.4 Å². The van der Waals surface area contributed by atoms with Crippen molar-refractivity contribution >= 4 is 40.3 Å². The summed E-state index contributed by atoms with van der Waals surface area (Å²) < 4.78 is 2.97. The van der Waals surface area contributed by atoms with Gasteiger partial charge in [0.2, 0.25) is 0 Å². The predicted molar refractivity (Wildman–Crippen MR) is 78.9 cm³/mol. The second-order valence-corrected chi connectivity index (χ2v) is 6.82. The highest BCUT2D eigenvalue weighted by atomic mass is 127. The second-order valence-electron chi connectivity index (χ2n) is 4.43. The molecule has 1 heterocycles. The van der Waals surface area contributed by atoms with E-state index in [1.165, 1.54) is 12.8 Å². The third-order valence-electron chi connectivity index (χ3n) is 3.36. The van der Waals surface area contributed by atoms with Crippen LogP contribution in [0, 0.1) is 3.57 Å². The zero-order valence-electron chi connectivity index (χ0n) is 9.73. The number of aromatic carboxylic acids is 1. The van der Waals surface area contributed by atoms with Gasteiger partial charge in [-0.1, -0.05) is 6.42 Å². The molecule has 0 aliphatic heterocycles. The first-order valence-electron chi connectivity index (χ1n) is 5.75. The van der Waals surface area contributed by atoms with Crippen molar-refractivity contribution in [3.05, 3.63) is 21.5 Å². The Hall–Kier alpha value is -0.170. The number of aromatic nitrogens is 1. The molecule has 0 radical (unpaired) electrons. The van der Waals surface area contributed by atoms with Crippen LogP contribution in [0.25, 0.3) is 0 Å². The number of hydrogen-bond donors (Lipinski definition) is 1.